The van der Waals surface area contributed by atoms with Crippen molar-refractivity contribution in [2.24, 2.45) is 5.92 Å². The van der Waals surface area contributed by atoms with Gasteiger partial charge < -0.3 is 10.2 Å². The van der Waals surface area contributed by atoms with Crippen molar-refractivity contribution in [2.45, 2.75) is 63.8 Å². The standard InChI is InChI=1S/C15H30N2/c1-17(13-14-8-7-11-16-12-14)15-9-5-3-2-4-6-10-15/h14-16H,2-13H2,1H3. The van der Waals surface area contributed by atoms with Gasteiger partial charge in [-0.3, -0.25) is 0 Å². The minimum absolute atomic E-state index is 0.872. The molecule has 2 aliphatic rings. The third kappa shape index (κ3) is 4.59. The lowest BCUT2D eigenvalue weighted by atomic mass is 9.94. The fraction of sp³-hybridized carbons (Fsp3) is 1.00. The first-order valence-corrected chi connectivity index (χ1v) is 7.77. The highest BCUT2D eigenvalue weighted by Crippen LogP contribution is 2.22. The summed E-state index contributed by atoms with van der Waals surface area (Å²) in [6.07, 6.45) is 13.0. The third-order valence-corrected chi connectivity index (χ3v) is 4.64. The van der Waals surface area contributed by atoms with Crippen molar-refractivity contribution in [3.05, 3.63) is 0 Å². The number of rotatable bonds is 3. The molecular weight excluding hydrogens is 208 g/mol. The Bertz CT molecular complexity index is 191. The first-order chi connectivity index (χ1) is 8.36. The van der Waals surface area contributed by atoms with Crippen LogP contribution >= 0.6 is 0 Å². The van der Waals surface area contributed by atoms with Crippen molar-refractivity contribution in [3.63, 3.8) is 0 Å². The molecule has 1 aliphatic carbocycles. The molecular formula is C15H30N2. The maximum absolute atomic E-state index is 3.54. The van der Waals surface area contributed by atoms with Gasteiger partial charge in [0.15, 0.2) is 0 Å². The van der Waals surface area contributed by atoms with Gasteiger partial charge in [0.1, 0.15) is 0 Å². The quantitative estimate of drug-likeness (QED) is 0.813. The second kappa shape index (κ2) is 7.38. The Balaban J connectivity index is 1.74. The van der Waals surface area contributed by atoms with Crippen LogP contribution in [0.1, 0.15) is 57.8 Å². The van der Waals surface area contributed by atoms with Crippen LogP contribution in [0.3, 0.4) is 0 Å². The van der Waals surface area contributed by atoms with Crippen molar-refractivity contribution in [3.8, 4) is 0 Å². The first-order valence-electron chi connectivity index (χ1n) is 7.77. The molecule has 2 fully saturated rings. The molecule has 100 valence electrons. The molecule has 0 amide bonds. The molecule has 1 heterocycles. The SMILES string of the molecule is CN(CC1CCCNC1)C1CCCCCCC1. The minimum atomic E-state index is 0.872. The minimum Gasteiger partial charge on any atom is -0.316 e. The zero-order valence-electron chi connectivity index (χ0n) is 11.6. The summed E-state index contributed by atoms with van der Waals surface area (Å²) in [7, 11) is 2.36. The van der Waals surface area contributed by atoms with E-state index >= 15 is 0 Å². The molecule has 0 aromatic carbocycles. The van der Waals surface area contributed by atoms with Crippen LogP contribution in [0.5, 0.6) is 0 Å². The monoisotopic (exact) mass is 238 g/mol. The number of hydrogen-bond donors (Lipinski definition) is 1. The zero-order chi connectivity index (χ0) is 11.9. The molecule has 1 saturated heterocycles. The van der Waals surface area contributed by atoms with Crippen LogP contribution in [0.2, 0.25) is 0 Å². The molecule has 1 N–H and O–H groups in total. The van der Waals surface area contributed by atoms with Gasteiger partial charge in [0.05, 0.1) is 0 Å². The van der Waals surface area contributed by atoms with Crippen LogP contribution in [0.15, 0.2) is 0 Å². The van der Waals surface area contributed by atoms with E-state index in [9.17, 15) is 0 Å². The van der Waals surface area contributed by atoms with Crippen molar-refractivity contribution in [2.75, 3.05) is 26.7 Å². The number of hydrogen-bond acceptors (Lipinski definition) is 2. The van der Waals surface area contributed by atoms with Crippen molar-refractivity contribution >= 4 is 0 Å². The summed E-state index contributed by atoms with van der Waals surface area (Å²) in [4.78, 5) is 2.67. The molecule has 0 bridgehead atoms. The second-order valence-corrected chi connectivity index (χ2v) is 6.15. The molecule has 1 unspecified atom stereocenters. The Hall–Kier alpha value is -0.0800. The van der Waals surface area contributed by atoms with E-state index < -0.39 is 0 Å². The van der Waals surface area contributed by atoms with E-state index in [1.54, 1.807) is 0 Å². The van der Waals surface area contributed by atoms with E-state index in [4.69, 9.17) is 0 Å². The van der Waals surface area contributed by atoms with Crippen molar-refractivity contribution in [1.29, 1.82) is 0 Å². The molecule has 0 spiro atoms. The van der Waals surface area contributed by atoms with Gasteiger partial charge in [0, 0.05) is 12.6 Å². The molecule has 0 radical (unpaired) electrons. The Kier molecular flexibility index (Phi) is 5.79. The van der Waals surface area contributed by atoms with E-state index in [1.807, 2.05) is 0 Å². The van der Waals surface area contributed by atoms with E-state index in [0.29, 0.717) is 0 Å². The van der Waals surface area contributed by atoms with E-state index in [2.05, 4.69) is 17.3 Å². The lowest BCUT2D eigenvalue weighted by molar-refractivity contribution is 0.163. The van der Waals surface area contributed by atoms with Gasteiger partial charge in [0.25, 0.3) is 0 Å². The van der Waals surface area contributed by atoms with Gasteiger partial charge in [-0.25, -0.2) is 0 Å². The smallest absolute Gasteiger partial charge is 0.00923 e. The zero-order valence-corrected chi connectivity index (χ0v) is 11.6. The average molecular weight is 238 g/mol. The van der Waals surface area contributed by atoms with Crippen LogP contribution in [0.4, 0.5) is 0 Å². The summed E-state index contributed by atoms with van der Waals surface area (Å²) in [5, 5.41) is 3.54. The normalized spacial score (nSPS) is 28.9. The van der Waals surface area contributed by atoms with Crippen LogP contribution < -0.4 is 5.32 Å². The van der Waals surface area contributed by atoms with Crippen LogP contribution in [-0.2, 0) is 0 Å². The summed E-state index contributed by atoms with van der Waals surface area (Å²) in [5.74, 6) is 0.902. The second-order valence-electron chi connectivity index (χ2n) is 6.15. The highest BCUT2D eigenvalue weighted by Gasteiger charge is 2.20. The average Bonchev–Trinajstić information content (AvgIpc) is 2.29. The van der Waals surface area contributed by atoms with E-state index in [1.165, 1.54) is 77.4 Å². The van der Waals surface area contributed by atoms with Gasteiger partial charge in [-0.1, -0.05) is 32.1 Å². The van der Waals surface area contributed by atoms with Crippen LogP contribution in [0, 0.1) is 5.92 Å². The van der Waals surface area contributed by atoms with Gasteiger partial charge in [-0.15, -0.1) is 0 Å². The van der Waals surface area contributed by atoms with Crippen LogP contribution in [0.25, 0.3) is 0 Å². The van der Waals surface area contributed by atoms with E-state index in [-0.39, 0.29) is 0 Å². The lowest BCUT2D eigenvalue weighted by Crippen LogP contribution is -2.41. The molecule has 1 saturated carbocycles. The Morgan fingerprint density at radius 1 is 0.941 bits per heavy atom. The molecule has 1 atom stereocenters. The summed E-state index contributed by atoms with van der Waals surface area (Å²) in [5.41, 5.74) is 0. The molecule has 1 aliphatic heterocycles. The van der Waals surface area contributed by atoms with Gasteiger partial charge in [-0.05, 0) is 51.7 Å². The predicted octanol–water partition coefficient (Wildman–Crippen LogP) is 3.03. The summed E-state index contributed by atoms with van der Waals surface area (Å²) in [6.45, 7) is 3.80. The Morgan fingerprint density at radius 3 is 2.29 bits per heavy atom. The molecule has 17 heavy (non-hydrogen) atoms. The highest BCUT2D eigenvalue weighted by molar-refractivity contribution is 4.77. The van der Waals surface area contributed by atoms with Crippen molar-refractivity contribution < 1.29 is 0 Å². The fourth-order valence-corrected chi connectivity index (χ4v) is 3.51. The maximum atomic E-state index is 3.54. The highest BCUT2D eigenvalue weighted by atomic mass is 15.1. The summed E-state index contributed by atoms with van der Waals surface area (Å²) in [6, 6.07) is 0.872. The molecule has 2 heteroatoms. The molecule has 0 aromatic heterocycles. The fourth-order valence-electron chi connectivity index (χ4n) is 3.51. The predicted molar refractivity (Wildman–Crippen MR) is 74.3 cm³/mol. The molecule has 0 aromatic rings. The molecule has 2 nitrogen and oxygen atoms in total. The van der Waals surface area contributed by atoms with Gasteiger partial charge in [0.2, 0.25) is 0 Å². The summed E-state index contributed by atoms with van der Waals surface area (Å²) < 4.78 is 0. The number of piperidine rings is 1. The first kappa shape index (κ1) is 13.4. The van der Waals surface area contributed by atoms with E-state index in [0.717, 1.165) is 12.0 Å². The van der Waals surface area contributed by atoms with Crippen molar-refractivity contribution in [1.82, 2.24) is 10.2 Å². The van der Waals surface area contributed by atoms with Crippen LogP contribution in [-0.4, -0.2) is 37.6 Å². The number of nitrogens with zero attached hydrogens (tertiary/aromatic N) is 1. The Morgan fingerprint density at radius 2 is 1.65 bits per heavy atom. The lowest BCUT2D eigenvalue weighted by Gasteiger charge is -2.34. The maximum Gasteiger partial charge on any atom is 0.00923 e. The third-order valence-electron chi connectivity index (χ3n) is 4.64. The largest absolute Gasteiger partial charge is 0.316 e. The number of nitrogens with one attached hydrogen (secondary N) is 1. The van der Waals surface area contributed by atoms with Gasteiger partial charge >= 0.3 is 0 Å². The summed E-state index contributed by atoms with van der Waals surface area (Å²) >= 11 is 0. The topological polar surface area (TPSA) is 15.3 Å². The Labute approximate surface area is 107 Å². The van der Waals surface area contributed by atoms with Gasteiger partial charge in [-0.2, -0.15) is 0 Å². The molecule has 2 rings (SSSR count).